The smallest absolute Gasteiger partial charge is 0.243 e. The Morgan fingerprint density at radius 1 is 0.973 bits per heavy atom. The minimum Gasteiger partial charge on any atom is -0.495 e. The molecule has 0 atom stereocenters. The minimum atomic E-state index is -0.324. The number of para-hydroxylation sites is 1. The van der Waals surface area contributed by atoms with E-state index >= 15 is 0 Å². The summed E-state index contributed by atoms with van der Waals surface area (Å²) in [5, 5.41) is 10.3. The van der Waals surface area contributed by atoms with Gasteiger partial charge in [0.05, 0.1) is 37.3 Å². The summed E-state index contributed by atoms with van der Waals surface area (Å²) in [6.45, 7) is 2.44. The number of carbonyl (C=O) groups is 2. The Bertz CT molecular complexity index is 1350. The van der Waals surface area contributed by atoms with Crippen LogP contribution in [0.15, 0.2) is 85.1 Å². The Balaban J connectivity index is 1.38. The second-order valence-electron chi connectivity index (χ2n) is 8.85. The van der Waals surface area contributed by atoms with Gasteiger partial charge in [-0.05, 0) is 43.8 Å². The topological polar surface area (TPSA) is 88.5 Å². The van der Waals surface area contributed by atoms with Crippen molar-refractivity contribution >= 4 is 17.5 Å². The van der Waals surface area contributed by atoms with Crippen molar-refractivity contribution in [2.24, 2.45) is 0 Å². The molecule has 190 valence electrons. The molecule has 0 fully saturated rings. The molecule has 4 aromatic rings. The molecule has 4 rings (SSSR count). The number of nitrogens with one attached hydrogen (secondary N) is 2. The molecule has 8 nitrogen and oxygen atoms in total. The van der Waals surface area contributed by atoms with E-state index in [2.05, 4.69) is 10.6 Å². The Hall–Kier alpha value is -4.43. The van der Waals surface area contributed by atoms with Crippen LogP contribution in [-0.2, 0) is 16.1 Å². The van der Waals surface area contributed by atoms with E-state index in [-0.39, 0.29) is 24.9 Å². The van der Waals surface area contributed by atoms with Crippen molar-refractivity contribution < 1.29 is 14.3 Å². The standard InChI is InChI=1S/C29H31N5O3/c1-21-14-15-26(37-3)25(16-21)31-27(35)17-30-28(36)20-33(2)18-23-19-34(24-12-8-5-9-13-24)32-29(23)22-10-6-4-7-11-22/h4-16,19H,17-18,20H2,1-3H3,(H,30,36)(H,31,35). The van der Waals surface area contributed by atoms with Crippen molar-refractivity contribution in [2.45, 2.75) is 13.5 Å². The van der Waals surface area contributed by atoms with Crippen LogP contribution in [0.5, 0.6) is 5.75 Å². The van der Waals surface area contributed by atoms with Gasteiger partial charge in [-0.25, -0.2) is 4.68 Å². The second-order valence-corrected chi connectivity index (χ2v) is 8.85. The van der Waals surface area contributed by atoms with Crippen molar-refractivity contribution in [2.75, 3.05) is 32.6 Å². The van der Waals surface area contributed by atoms with Crippen LogP contribution >= 0.6 is 0 Å². The first-order valence-corrected chi connectivity index (χ1v) is 12.0. The maximum atomic E-state index is 12.6. The summed E-state index contributed by atoms with van der Waals surface area (Å²) in [6, 6.07) is 25.4. The molecule has 0 bridgehead atoms. The lowest BCUT2D eigenvalue weighted by Gasteiger charge is -2.16. The molecule has 2 amide bonds. The highest BCUT2D eigenvalue weighted by atomic mass is 16.5. The highest BCUT2D eigenvalue weighted by molar-refractivity contribution is 5.96. The van der Waals surface area contributed by atoms with Crippen molar-refractivity contribution in [1.82, 2.24) is 20.0 Å². The molecule has 0 aliphatic carbocycles. The van der Waals surface area contributed by atoms with Crippen molar-refractivity contribution in [1.29, 1.82) is 0 Å². The maximum absolute atomic E-state index is 12.6. The average molecular weight is 498 g/mol. The van der Waals surface area contributed by atoms with E-state index in [1.807, 2.05) is 103 Å². The maximum Gasteiger partial charge on any atom is 0.243 e. The largest absolute Gasteiger partial charge is 0.495 e. The molecule has 1 aromatic heterocycles. The fourth-order valence-electron chi connectivity index (χ4n) is 4.02. The number of carbonyl (C=O) groups excluding carboxylic acids is 2. The van der Waals surface area contributed by atoms with Crippen molar-refractivity contribution in [3.05, 3.63) is 96.2 Å². The van der Waals surface area contributed by atoms with Crippen LogP contribution in [0.2, 0.25) is 0 Å². The number of likely N-dealkylation sites (N-methyl/N-ethyl adjacent to an activating group) is 1. The van der Waals surface area contributed by atoms with Crippen LogP contribution in [0, 0.1) is 6.92 Å². The molecular formula is C29H31N5O3. The summed E-state index contributed by atoms with van der Waals surface area (Å²) in [7, 11) is 3.41. The minimum absolute atomic E-state index is 0.131. The van der Waals surface area contributed by atoms with Crippen LogP contribution in [-0.4, -0.2) is 53.7 Å². The number of aryl methyl sites for hydroxylation is 1. The van der Waals surface area contributed by atoms with E-state index in [1.165, 1.54) is 0 Å². The number of nitrogens with zero attached hydrogens (tertiary/aromatic N) is 3. The Kier molecular flexibility index (Phi) is 8.33. The molecule has 0 aliphatic rings. The van der Waals surface area contributed by atoms with Crippen LogP contribution in [0.1, 0.15) is 11.1 Å². The van der Waals surface area contributed by atoms with Gasteiger partial charge in [-0.1, -0.05) is 54.6 Å². The SMILES string of the molecule is COc1ccc(C)cc1NC(=O)CNC(=O)CN(C)Cc1cn(-c2ccccc2)nc1-c1ccccc1. The molecule has 0 unspecified atom stereocenters. The summed E-state index contributed by atoms with van der Waals surface area (Å²) in [6.07, 6.45) is 1.99. The van der Waals surface area contributed by atoms with Gasteiger partial charge >= 0.3 is 0 Å². The van der Waals surface area contributed by atoms with Gasteiger partial charge in [0.1, 0.15) is 5.75 Å². The predicted molar refractivity (Wildman–Crippen MR) is 145 cm³/mol. The summed E-state index contributed by atoms with van der Waals surface area (Å²) in [5.74, 6) is -0.00347. The molecule has 0 saturated carbocycles. The highest BCUT2D eigenvalue weighted by Gasteiger charge is 2.16. The zero-order valence-corrected chi connectivity index (χ0v) is 21.3. The van der Waals surface area contributed by atoms with Gasteiger partial charge in [0, 0.05) is 23.9 Å². The van der Waals surface area contributed by atoms with E-state index in [0.717, 1.165) is 28.1 Å². The molecular weight excluding hydrogens is 466 g/mol. The number of rotatable bonds is 10. The number of hydrogen-bond acceptors (Lipinski definition) is 5. The van der Waals surface area contributed by atoms with E-state index in [1.54, 1.807) is 13.2 Å². The Morgan fingerprint density at radius 3 is 2.38 bits per heavy atom. The zero-order valence-electron chi connectivity index (χ0n) is 21.3. The third-order valence-electron chi connectivity index (χ3n) is 5.79. The van der Waals surface area contributed by atoms with E-state index < -0.39 is 0 Å². The summed E-state index contributed by atoms with van der Waals surface area (Å²) < 4.78 is 7.15. The lowest BCUT2D eigenvalue weighted by Crippen LogP contribution is -2.39. The summed E-state index contributed by atoms with van der Waals surface area (Å²) in [4.78, 5) is 26.9. The van der Waals surface area contributed by atoms with Crippen LogP contribution in [0.3, 0.4) is 0 Å². The van der Waals surface area contributed by atoms with Crippen molar-refractivity contribution in [3.63, 3.8) is 0 Å². The molecule has 0 aliphatic heterocycles. The number of aromatic nitrogens is 2. The summed E-state index contributed by atoms with van der Waals surface area (Å²) in [5.41, 5.74) is 5.39. The fraction of sp³-hybridized carbons (Fsp3) is 0.207. The first-order valence-electron chi connectivity index (χ1n) is 12.0. The number of methoxy groups -OCH3 is 1. The Labute approximate surface area is 216 Å². The predicted octanol–water partition coefficient (Wildman–Crippen LogP) is 4.04. The third kappa shape index (κ3) is 6.83. The lowest BCUT2D eigenvalue weighted by molar-refractivity contribution is -0.124. The normalized spacial score (nSPS) is 10.8. The molecule has 0 saturated heterocycles. The molecule has 37 heavy (non-hydrogen) atoms. The molecule has 3 aromatic carbocycles. The molecule has 1 heterocycles. The van der Waals surface area contributed by atoms with Gasteiger partial charge in [-0.15, -0.1) is 0 Å². The molecule has 2 N–H and O–H groups in total. The van der Waals surface area contributed by atoms with Gasteiger partial charge in [0.25, 0.3) is 0 Å². The third-order valence-corrected chi connectivity index (χ3v) is 5.79. The first kappa shape index (κ1) is 25.7. The molecule has 8 heteroatoms. The van der Waals surface area contributed by atoms with Gasteiger partial charge in [-0.2, -0.15) is 5.10 Å². The first-order chi connectivity index (χ1) is 17.9. The highest BCUT2D eigenvalue weighted by Crippen LogP contribution is 2.26. The number of hydrogen-bond donors (Lipinski definition) is 2. The van der Waals surface area contributed by atoms with Gasteiger partial charge in [-0.3, -0.25) is 14.5 Å². The lowest BCUT2D eigenvalue weighted by atomic mass is 10.1. The summed E-state index contributed by atoms with van der Waals surface area (Å²) >= 11 is 0. The molecule has 0 radical (unpaired) electrons. The molecule has 0 spiro atoms. The second kappa shape index (κ2) is 12.0. The van der Waals surface area contributed by atoms with E-state index in [4.69, 9.17) is 9.84 Å². The van der Waals surface area contributed by atoms with Crippen molar-refractivity contribution in [3.8, 4) is 22.7 Å². The average Bonchev–Trinajstić information content (AvgIpc) is 3.32. The quantitative estimate of drug-likeness (QED) is 0.345. The van der Waals surface area contributed by atoms with Gasteiger partial charge < -0.3 is 15.4 Å². The number of anilines is 1. The fourth-order valence-corrected chi connectivity index (χ4v) is 4.02. The van der Waals surface area contributed by atoms with E-state index in [0.29, 0.717) is 18.0 Å². The number of benzene rings is 3. The van der Waals surface area contributed by atoms with Crippen LogP contribution in [0.4, 0.5) is 5.69 Å². The van der Waals surface area contributed by atoms with Crippen LogP contribution in [0.25, 0.3) is 16.9 Å². The van der Waals surface area contributed by atoms with Gasteiger partial charge in [0.2, 0.25) is 11.8 Å². The van der Waals surface area contributed by atoms with Crippen LogP contribution < -0.4 is 15.4 Å². The monoisotopic (exact) mass is 497 g/mol. The van der Waals surface area contributed by atoms with Gasteiger partial charge in [0.15, 0.2) is 0 Å². The zero-order chi connectivity index (χ0) is 26.2. The Morgan fingerprint density at radius 2 is 1.68 bits per heavy atom. The van der Waals surface area contributed by atoms with E-state index in [9.17, 15) is 9.59 Å². The number of ether oxygens (including phenoxy) is 1. The number of amides is 2.